The first kappa shape index (κ1) is 15.5. The van der Waals surface area contributed by atoms with Gasteiger partial charge in [-0.2, -0.15) is 0 Å². The summed E-state index contributed by atoms with van der Waals surface area (Å²) in [5.41, 5.74) is -0.266. The molecule has 1 saturated heterocycles. The lowest BCUT2D eigenvalue weighted by Gasteiger charge is -2.30. The number of H-pyrrole nitrogens is 1. The highest BCUT2D eigenvalue weighted by Gasteiger charge is 2.32. The van der Waals surface area contributed by atoms with Crippen molar-refractivity contribution in [3.05, 3.63) is 17.7 Å². The van der Waals surface area contributed by atoms with E-state index in [9.17, 15) is 14.4 Å². The lowest BCUT2D eigenvalue weighted by Crippen LogP contribution is -2.41. The number of nitrogens with one attached hydrogen (secondary N) is 1. The highest BCUT2D eigenvalue weighted by atomic mass is 16.4. The normalized spacial score (nSPS) is 19.1. The van der Waals surface area contributed by atoms with Crippen molar-refractivity contribution in [1.29, 1.82) is 0 Å². The van der Waals surface area contributed by atoms with Crippen LogP contribution in [0.4, 0.5) is 0 Å². The van der Waals surface area contributed by atoms with E-state index >= 15 is 0 Å². The summed E-state index contributed by atoms with van der Waals surface area (Å²) in [6.07, 6.45) is 4.95. The SMILES string of the molecule is O=C(O)c1[nH]cnc1C(=O)N1CCCN(C(=O)C2CCC2)CC1. The van der Waals surface area contributed by atoms with Crippen LogP contribution in [0.3, 0.4) is 0 Å². The van der Waals surface area contributed by atoms with E-state index in [0.717, 1.165) is 19.3 Å². The molecular weight excluding hydrogens is 300 g/mol. The van der Waals surface area contributed by atoms with Crippen LogP contribution in [0.1, 0.15) is 46.7 Å². The van der Waals surface area contributed by atoms with E-state index in [0.29, 0.717) is 32.6 Å². The number of carbonyl (C=O) groups excluding carboxylic acids is 2. The second-order valence-corrected chi connectivity index (χ2v) is 6.03. The Labute approximate surface area is 133 Å². The van der Waals surface area contributed by atoms with Crippen LogP contribution in [0.25, 0.3) is 0 Å². The maximum absolute atomic E-state index is 12.5. The van der Waals surface area contributed by atoms with E-state index < -0.39 is 11.9 Å². The number of amides is 2. The van der Waals surface area contributed by atoms with Crippen molar-refractivity contribution in [3.8, 4) is 0 Å². The van der Waals surface area contributed by atoms with Crippen molar-refractivity contribution in [2.45, 2.75) is 25.7 Å². The Hall–Kier alpha value is -2.38. The highest BCUT2D eigenvalue weighted by molar-refractivity contribution is 6.02. The molecule has 2 amide bonds. The number of carbonyl (C=O) groups is 3. The van der Waals surface area contributed by atoms with Gasteiger partial charge in [-0.05, 0) is 19.3 Å². The second-order valence-electron chi connectivity index (χ2n) is 6.03. The first-order valence-electron chi connectivity index (χ1n) is 7.92. The number of aromatic amines is 1. The van der Waals surface area contributed by atoms with Gasteiger partial charge in [0.1, 0.15) is 0 Å². The van der Waals surface area contributed by atoms with Gasteiger partial charge in [0.25, 0.3) is 5.91 Å². The molecule has 1 aromatic heterocycles. The third-order valence-electron chi connectivity index (χ3n) is 4.60. The molecule has 1 aliphatic carbocycles. The van der Waals surface area contributed by atoms with Gasteiger partial charge in [0.2, 0.25) is 5.91 Å². The number of hydrogen-bond acceptors (Lipinski definition) is 4. The van der Waals surface area contributed by atoms with Crippen molar-refractivity contribution in [2.24, 2.45) is 5.92 Å². The van der Waals surface area contributed by atoms with Gasteiger partial charge in [0.15, 0.2) is 11.4 Å². The first-order chi connectivity index (χ1) is 11.1. The van der Waals surface area contributed by atoms with E-state index in [1.165, 1.54) is 6.33 Å². The molecule has 3 rings (SSSR count). The second kappa shape index (κ2) is 6.39. The van der Waals surface area contributed by atoms with Gasteiger partial charge in [0.05, 0.1) is 6.33 Å². The zero-order valence-corrected chi connectivity index (χ0v) is 12.8. The molecule has 8 heteroatoms. The predicted molar refractivity (Wildman–Crippen MR) is 80.0 cm³/mol. The minimum Gasteiger partial charge on any atom is -0.477 e. The molecule has 0 radical (unpaired) electrons. The number of aromatic nitrogens is 2. The van der Waals surface area contributed by atoms with Crippen LogP contribution in [-0.2, 0) is 4.79 Å². The minimum atomic E-state index is -1.21. The van der Waals surface area contributed by atoms with Crippen molar-refractivity contribution < 1.29 is 19.5 Å². The van der Waals surface area contributed by atoms with Gasteiger partial charge in [-0.15, -0.1) is 0 Å². The number of aromatic carboxylic acids is 1. The van der Waals surface area contributed by atoms with E-state index in [-0.39, 0.29) is 23.2 Å². The Morgan fingerprint density at radius 1 is 1.09 bits per heavy atom. The molecule has 124 valence electrons. The summed E-state index contributed by atoms with van der Waals surface area (Å²) in [6, 6.07) is 0. The van der Waals surface area contributed by atoms with Crippen molar-refractivity contribution in [2.75, 3.05) is 26.2 Å². The average molecular weight is 320 g/mol. The molecule has 23 heavy (non-hydrogen) atoms. The van der Waals surface area contributed by atoms with Crippen LogP contribution in [0.15, 0.2) is 6.33 Å². The molecule has 1 aliphatic heterocycles. The summed E-state index contributed by atoms with van der Waals surface area (Å²) < 4.78 is 0. The van der Waals surface area contributed by atoms with E-state index in [4.69, 9.17) is 5.11 Å². The van der Waals surface area contributed by atoms with E-state index in [1.807, 2.05) is 4.90 Å². The molecule has 2 N–H and O–H groups in total. The zero-order valence-electron chi connectivity index (χ0n) is 12.8. The number of rotatable bonds is 3. The van der Waals surface area contributed by atoms with E-state index in [2.05, 4.69) is 9.97 Å². The fourth-order valence-corrected chi connectivity index (χ4v) is 3.02. The monoisotopic (exact) mass is 320 g/mol. The molecule has 0 bridgehead atoms. The average Bonchev–Trinajstić information content (AvgIpc) is 2.82. The maximum atomic E-state index is 12.5. The van der Waals surface area contributed by atoms with Crippen LogP contribution >= 0.6 is 0 Å². The lowest BCUT2D eigenvalue weighted by molar-refractivity contribution is -0.138. The van der Waals surface area contributed by atoms with Crippen molar-refractivity contribution in [3.63, 3.8) is 0 Å². The van der Waals surface area contributed by atoms with Gasteiger partial charge < -0.3 is 19.9 Å². The quantitative estimate of drug-likeness (QED) is 0.847. The summed E-state index contributed by atoms with van der Waals surface area (Å²) in [5.74, 6) is -1.26. The third kappa shape index (κ3) is 3.06. The van der Waals surface area contributed by atoms with Gasteiger partial charge in [-0.25, -0.2) is 9.78 Å². The number of imidazole rings is 1. The Morgan fingerprint density at radius 2 is 1.78 bits per heavy atom. The molecule has 8 nitrogen and oxygen atoms in total. The standard InChI is InChI=1S/C15H20N4O4/c20-13(10-3-1-4-10)18-5-2-6-19(8-7-18)14(21)11-12(15(22)23)17-9-16-11/h9-10H,1-8H2,(H,16,17)(H,22,23). The first-order valence-corrected chi connectivity index (χ1v) is 7.92. The molecule has 1 saturated carbocycles. The fourth-order valence-electron chi connectivity index (χ4n) is 3.02. The molecule has 2 heterocycles. The molecule has 0 unspecified atom stereocenters. The van der Waals surface area contributed by atoms with E-state index in [1.54, 1.807) is 4.90 Å². The van der Waals surface area contributed by atoms with Crippen LogP contribution in [0.5, 0.6) is 0 Å². The zero-order chi connectivity index (χ0) is 16.4. The Balaban J connectivity index is 1.65. The minimum absolute atomic E-state index is 0.0729. The topological polar surface area (TPSA) is 107 Å². The molecule has 1 aromatic rings. The van der Waals surface area contributed by atoms with Crippen molar-refractivity contribution >= 4 is 17.8 Å². The Morgan fingerprint density at radius 3 is 2.43 bits per heavy atom. The maximum Gasteiger partial charge on any atom is 0.354 e. The van der Waals surface area contributed by atoms with Crippen molar-refractivity contribution in [1.82, 2.24) is 19.8 Å². The van der Waals surface area contributed by atoms with Gasteiger partial charge in [-0.3, -0.25) is 9.59 Å². The van der Waals surface area contributed by atoms with Gasteiger partial charge in [0, 0.05) is 32.1 Å². The molecule has 2 fully saturated rings. The number of hydrogen-bond donors (Lipinski definition) is 2. The smallest absolute Gasteiger partial charge is 0.354 e. The largest absolute Gasteiger partial charge is 0.477 e. The fraction of sp³-hybridized carbons (Fsp3) is 0.600. The molecule has 0 spiro atoms. The number of carboxylic acid groups (broad SMARTS) is 1. The molecular formula is C15H20N4O4. The Kier molecular flexibility index (Phi) is 4.31. The third-order valence-corrected chi connectivity index (χ3v) is 4.60. The summed E-state index contributed by atoms with van der Waals surface area (Å²) >= 11 is 0. The predicted octanol–water partition coefficient (Wildman–Crippen LogP) is 0.582. The summed E-state index contributed by atoms with van der Waals surface area (Å²) in [5, 5.41) is 9.07. The molecule has 0 aromatic carbocycles. The van der Waals surface area contributed by atoms with Gasteiger partial charge in [-0.1, -0.05) is 6.42 Å². The highest BCUT2D eigenvalue weighted by Crippen LogP contribution is 2.28. The molecule has 2 aliphatic rings. The number of carboxylic acids is 1. The van der Waals surface area contributed by atoms with Crippen LogP contribution in [0, 0.1) is 5.92 Å². The van der Waals surface area contributed by atoms with Crippen LogP contribution < -0.4 is 0 Å². The summed E-state index contributed by atoms with van der Waals surface area (Å²) in [7, 11) is 0. The van der Waals surface area contributed by atoms with Crippen LogP contribution in [-0.4, -0.2) is 68.8 Å². The molecule has 0 atom stereocenters. The summed E-state index contributed by atoms with van der Waals surface area (Å²) in [6.45, 7) is 2.04. The lowest BCUT2D eigenvalue weighted by atomic mass is 9.84. The Bertz CT molecular complexity index is 623. The van der Waals surface area contributed by atoms with Gasteiger partial charge >= 0.3 is 5.97 Å². The number of nitrogens with zero attached hydrogens (tertiary/aromatic N) is 3. The summed E-state index contributed by atoms with van der Waals surface area (Å²) in [4.78, 5) is 45.6. The van der Waals surface area contributed by atoms with Crippen LogP contribution in [0.2, 0.25) is 0 Å².